The fourth-order valence-corrected chi connectivity index (χ4v) is 8.67. The molecule has 2 fully saturated rings. The van der Waals surface area contributed by atoms with Gasteiger partial charge in [0.1, 0.15) is 17.6 Å². The number of hydrogen-bond acceptors (Lipinski definition) is 7. The van der Waals surface area contributed by atoms with E-state index in [9.17, 15) is 32.1 Å². The number of carbonyl (C=O) groups is 2. The third kappa shape index (κ3) is 11.5. The van der Waals surface area contributed by atoms with Gasteiger partial charge in [-0.2, -0.15) is 4.72 Å². The molecule has 1 aliphatic carbocycles. The lowest BCUT2D eigenvalue weighted by atomic mass is 9.72. The van der Waals surface area contributed by atoms with Crippen molar-refractivity contribution in [3.05, 3.63) is 66.0 Å². The van der Waals surface area contributed by atoms with Crippen LogP contribution in [0.15, 0.2) is 59.5 Å². The molecule has 4 N–H and O–H groups in total. The number of amides is 2. The number of benzene rings is 2. The van der Waals surface area contributed by atoms with E-state index in [1.807, 2.05) is 56.0 Å². The average Bonchev–Trinajstić information content (AvgIpc) is 2.99. The number of β-amino-alcohol motifs (C(OH)–C–C–N with tert-alkyl or cyclic N) is 1. The molecule has 47 heavy (non-hydrogen) atoms. The fraction of sp³-hybridized carbons (Fsp3) is 0.588. The van der Waals surface area contributed by atoms with Crippen molar-refractivity contribution < 1.29 is 32.1 Å². The molecule has 1 saturated heterocycles. The number of likely N-dealkylation sites (tertiary alicyclic amines) is 1. The Kier molecular flexibility index (Phi) is 12.9. The minimum absolute atomic E-state index is 0.0851. The summed E-state index contributed by atoms with van der Waals surface area (Å²) >= 11 is -1.84. The minimum Gasteiger partial charge on any atom is -0.611 e. The van der Waals surface area contributed by atoms with E-state index in [-0.39, 0.29) is 23.8 Å². The van der Waals surface area contributed by atoms with E-state index in [1.165, 1.54) is 12.1 Å². The van der Waals surface area contributed by atoms with Crippen molar-refractivity contribution >= 4 is 33.0 Å². The summed E-state index contributed by atoms with van der Waals surface area (Å²) < 4.78 is 53.4. The number of aliphatic hydroxyl groups excluding tert-OH is 1. The van der Waals surface area contributed by atoms with Crippen LogP contribution >= 0.6 is 0 Å². The summed E-state index contributed by atoms with van der Waals surface area (Å²) in [4.78, 5) is 29.6. The molecule has 13 heteroatoms. The van der Waals surface area contributed by atoms with Gasteiger partial charge in [-0.1, -0.05) is 49.6 Å². The zero-order chi connectivity index (χ0) is 34.4. The SMILES string of the molecule is CC(C)(C)NC(=O)C1CC2CCCCC2CN1CC(O)C(Cc1ccccc1)NC(=O)C(C[S+]([O-])c1ccc(F)cc1)NS(C)(=O)=O. The molecule has 0 radical (unpaired) electrons. The Morgan fingerprint density at radius 1 is 1.06 bits per heavy atom. The summed E-state index contributed by atoms with van der Waals surface area (Å²) in [7, 11) is -3.90. The van der Waals surface area contributed by atoms with Crippen molar-refractivity contribution in [2.45, 2.75) is 94.0 Å². The van der Waals surface area contributed by atoms with E-state index in [0.717, 1.165) is 49.6 Å². The number of piperidine rings is 1. The Labute approximate surface area is 281 Å². The maximum Gasteiger partial charge on any atom is 0.243 e. The Balaban J connectivity index is 1.57. The molecule has 2 aromatic carbocycles. The van der Waals surface area contributed by atoms with Gasteiger partial charge >= 0.3 is 0 Å². The van der Waals surface area contributed by atoms with Crippen molar-refractivity contribution in [3.63, 3.8) is 0 Å². The first-order chi connectivity index (χ1) is 22.1. The lowest BCUT2D eigenvalue weighted by molar-refractivity contribution is -0.133. The van der Waals surface area contributed by atoms with Crippen LogP contribution in [0.5, 0.6) is 0 Å². The molecule has 2 aliphatic rings. The Morgan fingerprint density at radius 2 is 1.70 bits per heavy atom. The first-order valence-corrected chi connectivity index (χ1v) is 19.5. The highest BCUT2D eigenvalue weighted by atomic mass is 32.2. The topological polar surface area (TPSA) is 151 Å². The van der Waals surface area contributed by atoms with Crippen LogP contribution < -0.4 is 15.4 Å². The first-order valence-electron chi connectivity index (χ1n) is 16.3. The van der Waals surface area contributed by atoms with E-state index >= 15 is 0 Å². The molecule has 10 nitrogen and oxygen atoms in total. The van der Waals surface area contributed by atoms with Crippen LogP contribution in [0.3, 0.4) is 0 Å². The van der Waals surface area contributed by atoms with Gasteiger partial charge in [-0.3, -0.25) is 14.5 Å². The van der Waals surface area contributed by atoms with E-state index < -0.39 is 68.4 Å². The number of rotatable bonds is 13. The predicted molar refractivity (Wildman–Crippen MR) is 181 cm³/mol. The van der Waals surface area contributed by atoms with E-state index in [1.54, 1.807) is 0 Å². The number of nitrogens with zero attached hydrogens (tertiary/aromatic N) is 1. The maximum atomic E-state index is 13.7. The van der Waals surface area contributed by atoms with Crippen LogP contribution in [-0.2, 0) is 37.2 Å². The third-order valence-electron chi connectivity index (χ3n) is 8.88. The number of carbonyl (C=O) groups excluding carboxylic acids is 2. The van der Waals surface area contributed by atoms with Crippen molar-refractivity contribution in [1.29, 1.82) is 0 Å². The highest BCUT2D eigenvalue weighted by Crippen LogP contribution is 2.39. The summed E-state index contributed by atoms with van der Waals surface area (Å²) in [5.74, 6) is -0.892. The highest BCUT2D eigenvalue weighted by molar-refractivity contribution is 7.91. The predicted octanol–water partition coefficient (Wildman–Crippen LogP) is 2.73. The average molecular weight is 693 g/mol. The summed E-state index contributed by atoms with van der Waals surface area (Å²) in [6.07, 6.45) is 5.16. The maximum absolute atomic E-state index is 13.7. The molecule has 1 aliphatic heterocycles. The number of hydrogen-bond donors (Lipinski definition) is 4. The van der Waals surface area contributed by atoms with Crippen LogP contribution in [0.4, 0.5) is 4.39 Å². The zero-order valence-corrected chi connectivity index (χ0v) is 29.3. The first kappa shape index (κ1) is 37.3. The van der Waals surface area contributed by atoms with E-state index in [4.69, 9.17) is 0 Å². The van der Waals surface area contributed by atoms with Gasteiger partial charge in [0.2, 0.25) is 21.8 Å². The minimum atomic E-state index is -3.90. The van der Waals surface area contributed by atoms with Gasteiger partial charge in [0, 0.05) is 18.6 Å². The summed E-state index contributed by atoms with van der Waals surface area (Å²) in [5.41, 5.74) is 0.414. The second-order valence-electron chi connectivity index (χ2n) is 14.0. The summed E-state index contributed by atoms with van der Waals surface area (Å²) in [6.45, 7) is 6.59. The Morgan fingerprint density at radius 3 is 2.32 bits per heavy atom. The van der Waals surface area contributed by atoms with E-state index in [0.29, 0.717) is 24.8 Å². The monoisotopic (exact) mass is 692 g/mol. The largest absolute Gasteiger partial charge is 0.611 e. The molecule has 4 rings (SSSR count). The Bertz CT molecular complexity index is 1440. The lowest BCUT2D eigenvalue weighted by Gasteiger charge is -2.47. The van der Waals surface area contributed by atoms with Crippen molar-refractivity contribution in [1.82, 2.24) is 20.3 Å². The number of aliphatic hydroxyl groups is 1. The molecule has 0 spiro atoms. The van der Waals surface area contributed by atoms with Gasteiger partial charge in [-0.25, -0.2) is 12.8 Å². The molecule has 7 unspecified atom stereocenters. The van der Waals surface area contributed by atoms with Crippen LogP contribution in [-0.4, -0.2) is 89.7 Å². The number of nitrogens with one attached hydrogen (secondary N) is 3. The summed E-state index contributed by atoms with van der Waals surface area (Å²) in [6, 6.07) is 11.5. The third-order valence-corrected chi connectivity index (χ3v) is 11.0. The van der Waals surface area contributed by atoms with Crippen LogP contribution in [0, 0.1) is 17.7 Å². The van der Waals surface area contributed by atoms with Gasteiger partial charge in [-0.05, 0) is 92.9 Å². The van der Waals surface area contributed by atoms with Gasteiger partial charge in [0.15, 0.2) is 4.90 Å². The van der Waals surface area contributed by atoms with Gasteiger partial charge in [-0.15, -0.1) is 0 Å². The Hall–Kier alpha value is -2.55. The highest BCUT2D eigenvalue weighted by Gasteiger charge is 2.42. The normalized spacial score (nSPS) is 23.2. The quantitative estimate of drug-likeness (QED) is 0.236. The second-order valence-corrected chi connectivity index (χ2v) is 17.3. The number of fused-ring (bicyclic) bond motifs is 1. The summed E-state index contributed by atoms with van der Waals surface area (Å²) in [5, 5.41) is 17.7. The van der Waals surface area contributed by atoms with Crippen molar-refractivity contribution in [2.24, 2.45) is 11.8 Å². The van der Waals surface area contributed by atoms with Crippen LogP contribution in [0.1, 0.15) is 58.4 Å². The van der Waals surface area contributed by atoms with Gasteiger partial charge < -0.3 is 20.3 Å². The molecule has 7 atom stereocenters. The molecule has 2 aromatic rings. The standard InChI is InChI=1S/C34H49FN4O6S2/c1-34(2,3)37-33(42)30-19-24-12-8-9-13-25(24)20-39(30)21-31(40)28(18-23-10-6-5-7-11-23)36-32(41)29(38-47(4,44)45)22-46(43)27-16-14-26(35)15-17-27/h5-7,10-11,14-17,24-25,28-31,38,40H,8-9,12-13,18-22H2,1-4H3,(H,36,41)(H,37,42). The molecular weight excluding hydrogens is 644 g/mol. The zero-order valence-electron chi connectivity index (χ0n) is 27.7. The molecule has 0 bridgehead atoms. The fourth-order valence-electron chi connectivity index (χ4n) is 6.68. The van der Waals surface area contributed by atoms with Crippen LogP contribution in [0.2, 0.25) is 0 Å². The van der Waals surface area contributed by atoms with Crippen LogP contribution in [0.25, 0.3) is 0 Å². The van der Waals surface area contributed by atoms with Gasteiger partial charge in [0.25, 0.3) is 0 Å². The van der Waals surface area contributed by atoms with Crippen molar-refractivity contribution in [3.8, 4) is 0 Å². The molecule has 1 saturated carbocycles. The molecule has 0 aromatic heterocycles. The van der Waals surface area contributed by atoms with Gasteiger partial charge in [0.05, 0.1) is 24.4 Å². The lowest BCUT2D eigenvalue weighted by Crippen LogP contribution is -2.61. The molecular formula is C34H49FN4O6S2. The molecule has 2 amide bonds. The number of sulfonamides is 1. The van der Waals surface area contributed by atoms with E-state index in [2.05, 4.69) is 15.4 Å². The van der Waals surface area contributed by atoms with Crippen molar-refractivity contribution in [2.75, 3.05) is 25.1 Å². The molecule has 260 valence electrons. The smallest absolute Gasteiger partial charge is 0.243 e. The molecule has 1 heterocycles. The number of halogens is 1. The second kappa shape index (κ2) is 16.2.